The number of primary amides is 1. The van der Waals surface area contributed by atoms with Crippen molar-refractivity contribution in [1.29, 1.82) is 0 Å². The summed E-state index contributed by atoms with van der Waals surface area (Å²) >= 11 is 0. The Morgan fingerprint density at radius 1 is 1.27 bits per heavy atom. The zero-order chi connectivity index (χ0) is 18.8. The van der Waals surface area contributed by atoms with Crippen molar-refractivity contribution in [3.63, 3.8) is 0 Å². The Morgan fingerprint density at radius 3 is 2.69 bits per heavy atom. The normalized spacial score (nSPS) is 22.7. The van der Waals surface area contributed by atoms with Crippen LogP contribution in [-0.4, -0.2) is 36.8 Å². The van der Waals surface area contributed by atoms with Crippen molar-refractivity contribution in [1.82, 2.24) is 0 Å². The number of ether oxygens (including phenoxy) is 4. The van der Waals surface area contributed by atoms with Crippen molar-refractivity contribution >= 4 is 17.1 Å². The van der Waals surface area contributed by atoms with Gasteiger partial charge in [0.25, 0.3) is 6.29 Å². The van der Waals surface area contributed by atoms with E-state index in [2.05, 4.69) is 0 Å². The van der Waals surface area contributed by atoms with Crippen LogP contribution in [0.4, 0.5) is 4.79 Å². The first-order valence-electron chi connectivity index (χ1n) is 7.65. The molecule has 0 saturated carbocycles. The van der Waals surface area contributed by atoms with Crippen LogP contribution < -0.4 is 16.1 Å². The molecule has 0 bridgehead atoms. The number of methoxy groups -OCH3 is 1. The molecule has 0 spiro atoms. The van der Waals surface area contributed by atoms with Crippen molar-refractivity contribution in [2.75, 3.05) is 7.11 Å². The van der Waals surface area contributed by atoms with Crippen LogP contribution in [0.3, 0.4) is 0 Å². The molecule has 2 aromatic rings. The molecule has 1 amide bonds. The molecule has 138 valence electrons. The highest BCUT2D eigenvalue weighted by Gasteiger charge is 2.43. The van der Waals surface area contributed by atoms with Crippen LogP contribution in [0.2, 0.25) is 0 Å². The molecule has 1 aliphatic heterocycles. The largest absolute Gasteiger partial charge is 0.494 e. The van der Waals surface area contributed by atoms with Gasteiger partial charge in [0, 0.05) is 17.5 Å². The quantitative estimate of drug-likeness (QED) is 0.776. The van der Waals surface area contributed by atoms with Crippen LogP contribution in [0.15, 0.2) is 51.1 Å². The zero-order valence-corrected chi connectivity index (χ0v) is 14.0. The maximum atomic E-state index is 11.3. The fourth-order valence-electron chi connectivity index (χ4n) is 2.65. The SMILES string of the molecule is COC1=C(C)OC(Oc2ccc3ccc(=O)oc3c2)[C@@H](O)[C@H]1OC(N)=O. The number of aliphatic hydroxyl groups is 1. The van der Waals surface area contributed by atoms with Crippen LogP contribution in [0, 0.1) is 0 Å². The first-order valence-corrected chi connectivity index (χ1v) is 7.65. The van der Waals surface area contributed by atoms with E-state index in [0.29, 0.717) is 11.0 Å². The number of carbonyl (C=O) groups is 1. The molecule has 3 N–H and O–H groups in total. The maximum Gasteiger partial charge on any atom is 0.405 e. The van der Waals surface area contributed by atoms with Crippen molar-refractivity contribution in [2.45, 2.75) is 25.4 Å². The first kappa shape index (κ1) is 17.6. The third kappa shape index (κ3) is 3.42. The molecule has 9 nitrogen and oxygen atoms in total. The minimum atomic E-state index is -1.40. The summed E-state index contributed by atoms with van der Waals surface area (Å²) in [4.78, 5) is 22.5. The topological polar surface area (TPSA) is 130 Å². The van der Waals surface area contributed by atoms with Gasteiger partial charge in [-0.2, -0.15) is 0 Å². The van der Waals surface area contributed by atoms with E-state index in [1.54, 1.807) is 25.1 Å². The summed E-state index contributed by atoms with van der Waals surface area (Å²) in [5, 5.41) is 11.1. The smallest absolute Gasteiger partial charge is 0.405 e. The van der Waals surface area contributed by atoms with Crippen LogP contribution in [0.5, 0.6) is 5.75 Å². The van der Waals surface area contributed by atoms with E-state index in [0.717, 1.165) is 0 Å². The highest BCUT2D eigenvalue weighted by atomic mass is 16.7. The number of hydrogen-bond donors (Lipinski definition) is 2. The van der Waals surface area contributed by atoms with Crippen LogP contribution in [0.1, 0.15) is 6.92 Å². The maximum absolute atomic E-state index is 11.3. The number of allylic oxidation sites excluding steroid dienone is 1. The van der Waals surface area contributed by atoms with Gasteiger partial charge >= 0.3 is 11.7 Å². The average Bonchev–Trinajstić information content (AvgIpc) is 2.58. The summed E-state index contributed by atoms with van der Waals surface area (Å²) < 4.78 is 26.3. The lowest BCUT2D eigenvalue weighted by Crippen LogP contribution is -2.49. The van der Waals surface area contributed by atoms with Gasteiger partial charge in [0.2, 0.25) is 0 Å². The molecule has 0 fully saturated rings. The number of amides is 1. The number of nitrogens with two attached hydrogens (primary N) is 1. The molecule has 3 atom stereocenters. The Morgan fingerprint density at radius 2 is 2.00 bits per heavy atom. The molecule has 2 heterocycles. The molecule has 0 saturated heterocycles. The van der Waals surface area contributed by atoms with E-state index in [1.807, 2.05) is 0 Å². The second kappa shape index (κ2) is 6.96. The van der Waals surface area contributed by atoms with Gasteiger partial charge < -0.3 is 34.2 Å². The van der Waals surface area contributed by atoms with Gasteiger partial charge in [0.15, 0.2) is 18.0 Å². The minimum Gasteiger partial charge on any atom is -0.494 e. The van der Waals surface area contributed by atoms with E-state index in [4.69, 9.17) is 29.1 Å². The van der Waals surface area contributed by atoms with E-state index in [1.165, 1.54) is 19.2 Å². The highest BCUT2D eigenvalue weighted by Crippen LogP contribution is 2.30. The van der Waals surface area contributed by atoms with Gasteiger partial charge in [-0.25, -0.2) is 9.59 Å². The lowest BCUT2D eigenvalue weighted by atomic mass is 10.1. The van der Waals surface area contributed by atoms with Crippen molar-refractivity contribution < 1.29 is 33.3 Å². The molecular weight excluding hydrogens is 346 g/mol. The molecular formula is C17H17NO8. The van der Waals surface area contributed by atoms with Gasteiger partial charge in [-0.1, -0.05) is 0 Å². The van der Waals surface area contributed by atoms with Gasteiger partial charge in [0.05, 0.1) is 7.11 Å². The van der Waals surface area contributed by atoms with E-state index in [-0.39, 0.29) is 17.3 Å². The van der Waals surface area contributed by atoms with E-state index >= 15 is 0 Å². The molecule has 26 heavy (non-hydrogen) atoms. The highest BCUT2D eigenvalue weighted by molar-refractivity contribution is 5.77. The third-order valence-electron chi connectivity index (χ3n) is 3.80. The summed E-state index contributed by atoms with van der Waals surface area (Å²) in [6.45, 7) is 1.57. The number of rotatable bonds is 4. The summed E-state index contributed by atoms with van der Waals surface area (Å²) in [7, 11) is 1.35. The second-order valence-corrected chi connectivity index (χ2v) is 5.53. The Labute approximate surface area is 147 Å². The molecule has 0 radical (unpaired) electrons. The summed E-state index contributed by atoms with van der Waals surface area (Å²) in [6, 6.07) is 7.72. The predicted octanol–water partition coefficient (Wildman–Crippen LogP) is 1.23. The molecule has 1 aliphatic rings. The number of aliphatic hydroxyl groups excluding tert-OH is 1. The number of benzene rings is 1. The molecule has 1 aromatic heterocycles. The van der Waals surface area contributed by atoms with Crippen LogP contribution >= 0.6 is 0 Å². The minimum absolute atomic E-state index is 0.126. The average molecular weight is 363 g/mol. The van der Waals surface area contributed by atoms with Gasteiger partial charge in [-0.15, -0.1) is 0 Å². The standard InChI is InChI=1S/C17H17NO8/c1-8-14(22-2)15(26-17(18)21)13(20)16(23-8)24-10-5-3-9-4-6-12(19)25-11(9)7-10/h3-7,13,15-16,20H,1-2H3,(H2,18,21)/t13-,15+,16?/m0/s1. The lowest BCUT2D eigenvalue weighted by Gasteiger charge is -2.35. The van der Waals surface area contributed by atoms with Gasteiger partial charge in [-0.3, -0.25) is 0 Å². The third-order valence-corrected chi connectivity index (χ3v) is 3.80. The first-order chi connectivity index (χ1) is 12.4. The van der Waals surface area contributed by atoms with Crippen molar-refractivity contribution in [3.05, 3.63) is 52.3 Å². The van der Waals surface area contributed by atoms with Gasteiger partial charge in [-0.05, 0) is 25.1 Å². The van der Waals surface area contributed by atoms with Gasteiger partial charge in [0.1, 0.15) is 17.1 Å². The molecule has 0 aliphatic carbocycles. The van der Waals surface area contributed by atoms with Crippen LogP contribution in [0.25, 0.3) is 11.0 Å². The Hall–Kier alpha value is -3.20. The van der Waals surface area contributed by atoms with Crippen LogP contribution in [-0.2, 0) is 14.2 Å². The number of carbonyl (C=O) groups excluding carboxylic acids is 1. The molecule has 3 rings (SSSR count). The molecule has 1 unspecified atom stereocenters. The summed E-state index contributed by atoms with van der Waals surface area (Å²) in [5.41, 5.74) is 4.87. The Balaban J connectivity index is 1.88. The number of hydrogen-bond acceptors (Lipinski definition) is 8. The second-order valence-electron chi connectivity index (χ2n) is 5.53. The zero-order valence-electron chi connectivity index (χ0n) is 14.0. The lowest BCUT2D eigenvalue weighted by molar-refractivity contribution is -0.174. The van der Waals surface area contributed by atoms with E-state index in [9.17, 15) is 14.7 Å². The summed E-state index contributed by atoms with van der Waals surface area (Å²) in [6.07, 6.45) is -4.87. The fourth-order valence-corrected chi connectivity index (χ4v) is 2.65. The number of fused-ring (bicyclic) bond motifs is 1. The van der Waals surface area contributed by atoms with Crippen molar-refractivity contribution in [3.8, 4) is 5.75 Å². The Kier molecular flexibility index (Phi) is 4.72. The molecule has 9 heteroatoms. The van der Waals surface area contributed by atoms with Crippen molar-refractivity contribution in [2.24, 2.45) is 5.73 Å². The summed E-state index contributed by atoms with van der Waals surface area (Å²) in [5.74, 6) is 0.671. The fraction of sp³-hybridized carbons (Fsp3) is 0.294. The molecule has 1 aromatic carbocycles. The predicted molar refractivity (Wildman–Crippen MR) is 88.2 cm³/mol. The monoisotopic (exact) mass is 363 g/mol. The van der Waals surface area contributed by atoms with E-state index < -0.39 is 30.2 Å². The Bertz CT molecular complexity index is 918.